The van der Waals surface area contributed by atoms with Crippen LogP contribution in [0.2, 0.25) is 5.02 Å². The zero-order chi connectivity index (χ0) is 14.6. The van der Waals surface area contributed by atoms with E-state index in [9.17, 15) is 9.59 Å². The number of aryl methyl sites for hydroxylation is 1. The number of halogens is 1. The minimum Gasteiger partial charge on any atom is -0.480 e. The average Bonchev–Trinajstić information content (AvgIpc) is 2.30. The molecule has 0 fully saturated rings. The molecule has 104 valence electrons. The van der Waals surface area contributed by atoms with Crippen LogP contribution in [-0.2, 0) is 4.79 Å². The Hall–Kier alpha value is -1.55. The predicted octanol–water partition coefficient (Wildman–Crippen LogP) is 2.88. The van der Waals surface area contributed by atoms with Crippen LogP contribution in [0.25, 0.3) is 0 Å². The molecular formula is C14H18ClNO3. The summed E-state index contributed by atoms with van der Waals surface area (Å²) in [6.07, 6.45) is 0.390. The van der Waals surface area contributed by atoms with Crippen LogP contribution in [0.15, 0.2) is 18.2 Å². The van der Waals surface area contributed by atoms with E-state index in [4.69, 9.17) is 16.7 Å². The molecule has 0 aromatic heterocycles. The summed E-state index contributed by atoms with van der Waals surface area (Å²) in [6, 6.07) is 4.08. The van der Waals surface area contributed by atoms with Gasteiger partial charge in [0.1, 0.15) is 6.04 Å². The second kappa shape index (κ2) is 6.57. The third kappa shape index (κ3) is 4.56. The van der Waals surface area contributed by atoms with E-state index in [-0.39, 0.29) is 5.92 Å². The van der Waals surface area contributed by atoms with Crippen LogP contribution in [-0.4, -0.2) is 23.0 Å². The summed E-state index contributed by atoms with van der Waals surface area (Å²) in [5, 5.41) is 12.1. The van der Waals surface area contributed by atoms with Gasteiger partial charge >= 0.3 is 5.97 Å². The van der Waals surface area contributed by atoms with Crippen molar-refractivity contribution in [2.75, 3.05) is 0 Å². The van der Waals surface area contributed by atoms with Crippen molar-refractivity contribution < 1.29 is 14.7 Å². The Balaban J connectivity index is 2.87. The molecule has 0 unspecified atom stereocenters. The van der Waals surface area contributed by atoms with E-state index in [0.717, 1.165) is 5.56 Å². The second-order valence-electron chi connectivity index (χ2n) is 4.95. The fraction of sp³-hybridized carbons (Fsp3) is 0.429. The van der Waals surface area contributed by atoms with E-state index >= 15 is 0 Å². The standard InChI is InChI=1S/C14H18ClNO3/c1-8(2)6-12(14(18)19)16-13(17)11-7-10(15)5-4-9(11)3/h4-5,7-8,12H,6H2,1-3H3,(H,16,17)(H,18,19)/t12-/m1/s1. The molecule has 1 amide bonds. The largest absolute Gasteiger partial charge is 0.480 e. The van der Waals surface area contributed by atoms with E-state index in [1.807, 2.05) is 13.8 Å². The first kappa shape index (κ1) is 15.5. The van der Waals surface area contributed by atoms with Gasteiger partial charge in [0.15, 0.2) is 0 Å². The number of carboxylic acids is 1. The highest BCUT2D eigenvalue weighted by Gasteiger charge is 2.22. The van der Waals surface area contributed by atoms with Crippen molar-refractivity contribution in [1.82, 2.24) is 5.32 Å². The lowest BCUT2D eigenvalue weighted by Gasteiger charge is -2.17. The van der Waals surface area contributed by atoms with Crippen LogP contribution in [0, 0.1) is 12.8 Å². The van der Waals surface area contributed by atoms with Gasteiger partial charge in [-0.15, -0.1) is 0 Å². The van der Waals surface area contributed by atoms with Crippen molar-refractivity contribution in [3.8, 4) is 0 Å². The molecule has 0 radical (unpaired) electrons. The molecule has 0 aliphatic rings. The molecule has 1 aromatic rings. The van der Waals surface area contributed by atoms with Crippen molar-refractivity contribution in [3.05, 3.63) is 34.3 Å². The predicted molar refractivity (Wildman–Crippen MR) is 74.5 cm³/mol. The average molecular weight is 284 g/mol. The minimum atomic E-state index is -1.03. The van der Waals surface area contributed by atoms with Gasteiger partial charge in [-0.1, -0.05) is 31.5 Å². The number of rotatable bonds is 5. The van der Waals surface area contributed by atoms with E-state index in [1.165, 1.54) is 0 Å². The van der Waals surface area contributed by atoms with Gasteiger partial charge < -0.3 is 10.4 Å². The van der Waals surface area contributed by atoms with Gasteiger partial charge in [-0.3, -0.25) is 4.79 Å². The number of nitrogens with one attached hydrogen (secondary N) is 1. The molecule has 1 atom stereocenters. The molecule has 0 saturated carbocycles. The zero-order valence-corrected chi connectivity index (χ0v) is 12.0. The molecule has 4 nitrogen and oxygen atoms in total. The van der Waals surface area contributed by atoms with Gasteiger partial charge in [0.25, 0.3) is 5.91 Å². The maximum Gasteiger partial charge on any atom is 0.326 e. The number of aliphatic carboxylic acids is 1. The van der Waals surface area contributed by atoms with Crippen LogP contribution in [0.3, 0.4) is 0 Å². The van der Waals surface area contributed by atoms with E-state index < -0.39 is 17.9 Å². The van der Waals surface area contributed by atoms with Crippen LogP contribution >= 0.6 is 11.6 Å². The number of hydrogen-bond donors (Lipinski definition) is 2. The maximum atomic E-state index is 12.1. The molecule has 0 aliphatic carbocycles. The highest BCUT2D eigenvalue weighted by Crippen LogP contribution is 2.16. The highest BCUT2D eigenvalue weighted by molar-refractivity contribution is 6.31. The van der Waals surface area contributed by atoms with Gasteiger partial charge in [-0.2, -0.15) is 0 Å². The lowest BCUT2D eigenvalue weighted by Crippen LogP contribution is -2.41. The Morgan fingerprint density at radius 1 is 1.37 bits per heavy atom. The number of amides is 1. The van der Waals surface area contributed by atoms with Gasteiger partial charge in [0, 0.05) is 10.6 Å². The number of hydrogen-bond acceptors (Lipinski definition) is 2. The molecule has 0 bridgehead atoms. The van der Waals surface area contributed by atoms with Gasteiger partial charge in [-0.05, 0) is 37.0 Å². The molecule has 1 aromatic carbocycles. The van der Waals surface area contributed by atoms with E-state index in [2.05, 4.69) is 5.32 Å². The number of carbonyl (C=O) groups excluding carboxylic acids is 1. The van der Waals surface area contributed by atoms with Crippen molar-refractivity contribution in [2.24, 2.45) is 5.92 Å². The molecule has 5 heteroatoms. The lowest BCUT2D eigenvalue weighted by molar-refractivity contribution is -0.139. The van der Waals surface area contributed by atoms with Crippen LogP contribution in [0.5, 0.6) is 0 Å². The zero-order valence-electron chi connectivity index (χ0n) is 11.2. The lowest BCUT2D eigenvalue weighted by atomic mass is 10.0. The molecule has 1 rings (SSSR count). The van der Waals surface area contributed by atoms with Crippen molar-refractivity contribution >= 4 is 23.5 Å². The minimum absolute atomic E-state index is 0.182. The third-order valence-corrected chi connectivity index (χ3v) is 2.99. The molecule has 19 heavy (non-hydrogen) atoms. The summed E-state index contributed by atoms with van der Waals surface area (Å²) < 4.78 is 0. The molecule has 0 spiro atoms. The highest BCUT2D eigenvalue weighted by atomic mass is 35.5. The molecule has 0 heterocycles. The van der Waals surface area contributed by atoms with Crippen molar-refractivity contribution in [1.29, 1.82) is 0 Å². The van der Waals surface area contributed by atoms with Gasteiger partial charge in [-0.25, -0.2) is 4.79 Å². The molecule has 0 aliphatic heterocycles. The van der Waals surface area contributed by atoms with E-state index in [1.54, 1.807) is 25.1 Å². The normalized spacial score (nSPS) is 12.3. The second-order valence-corrected chi connectivity index (χ2v) is 5.39. The van der Waals surface area contributed by atoms with Crippen LogP contribution in [0.1, 0.15) is 36.2 Å². The van der Waals surface area contributed by atoms with Gasteiger partial charge in [0.2, 0.25) is 0 Å². The first-order valence-electron chi connectivity index (χ1n) is 6.11. The Bertz CT molecular complexity index is 486. The number of benzene rings is 1. The molecular weight excluding hydrogens is 266 g/mol. The van der Waals surface area contributed by atoms with Crippen molar-refractivity contribution in [3.63, 3.8) is 0 Å². The Kier molecular flexibility index (Phi) is 5.36. The van der Waals surface area contributed by atoms with E-state index in [0.29, 0.717) is 17.0 Å². The summed E-state index contributed by atoms with van der Waals surface area (Å²) in [5.41, 5.74) is 1.16. The fourth-order valence-electron chi connectivity index (χ4n) is 1.77. The first-order chi connectivity index (χ1) is 8.81. The number of carbonyl (C=O) groups is 2. The monoisotopic (exact) mass is 283 g/mol. The topological polar surface area (TPSA) is 66.4 Å². The summed E-state index contributed by atoms with van der Waals surface area (Å²) >= 11 is 5.85. The molecule has 2 N–H and O–H groups in total. The van der Waals surface area contributed by atoms with Crippen LogP contribution < -0.4 is 5.32 Å². The quantitative estimate of drug-likeness (QED) is 0.873. The Morgan fingerprint density at radius 2 is 2.00 bits per heavy atom. The van der Waals surface area contributed by atoms with Gasteiger partial charge in [0.05, 0.1) is 0 Å². The van der Waals surface area contributed by atoms with Crippen LogP contribution in [0.4, 0.5) is 0 Å². The van der Waals surface area contributed by atoms with Crippen molar-refractivity contribution in [2.45, 2.75) is 33.2 Å². The summed E-state index contributed by atoms with van der Waals surface area (Å²) in [4.78, 5) is 23.2. The Morgan fingerprint density at radius 3 is 2.53 bits per heavy atom. The summed E-state index contributed by atoms with van der Waals surface area (Å²) in [6.45, 7) is 5.60. The third-order valence-electron chi connectivity index (χ3n) is 2.75. The summed E-state index contributed by atoms with van der Waals surface area (Å²) in [5.74, 6) is -1.25. The first-order valence-corrected chi connectivity index (χ1v) is 6.49. The number of carboxylic acid groups (broad SMARTS) is 1. The smallest absolute Gasteiger partial charge is 0.326 e. The SMILES string of the molecule is Cc1ccc(Cl)cc1C(=O)N[C@H](CC(C)C)C(=O)O. The molecule has 0 saturated heterocycles. The maximum absolute atomic E-state index is 12.1. The summed E-state index contributed by atoms with van der Waals surface area (Å²) in [7, 11) is 0. The Labute approximate surface area is 117 Å². The fourth-order valence-corrected chi connectivity index (χ4v) is 1.94.